The molecule has 0 heterocycles. The van der Waals surface area contributed by atoms with Crippen LogP contribution in [0.5, 0.6) is 0 Å². The minimum absolute atomic E-state index is 0.216. The van der Waals surface area contributed by atoms with Gasteiger partial charge in [0.1, 0.15) is 5.82 Å². The lowest BCUT2D eigenvalue weighted by molar-refractivity contribution is 0.626. The minimum atomic E-state index is -0.216. The van der Waals surface area contributed by atoms with E-state index in [1.807, 2.05) is 24.3 Å². The number of halogens is 1. The molecule has 0 atom stereocenters. The topological polar surface area (TPSA) is 26.0 Å². The highest BCUT2D eigenvalue weighted by Gasteiger charge is 1.97. The van der Waals surface area contributed by atoms with E-state index < -0.39 is 0 Å². The Kier molecular flexibility index (Phi) is 2.92. The molecule has 2 aromatic carbocycles. The monoisotopic (exact) mass is 219 g/mol. The Morgan fingerprint density at radius 3 is 2.33 bits per heavy atom. The van der Waals surface area contributed by atoms with Gasteiger partial charge in [0.05, 0.1) is 0 Å². The second kappa shape index (κ2) is 4.36. The summed E-state index contributed by atoms with van der Waals surface area (Å²) in [4.78, 5) is 2.06. The van der Waals surface area contributed by atoms with Gasteiger partial charge >= 0.3 is 0 Å². The van der Waals surface area contributed by atoms with E-state index in [1.54, 1.807) is 23.9 Å². The molecule has 0 bridgehead atoms. The lowest BCUT2D eigenvalue weighted by Gasteiger charge is -2.02. The molecule has 0 aliphatic heterocycles. The van der Waals surface area contributed by atoms with Crippen LogP contribution in [0.3, 0.4) is 0 Å². The van der Waals surface area contributed by atoms with Crippen LogP contribution < -0.4 is 5.73 Å². The molecule has 0 aliphatic rings. The second-order valence-corrected chi connectivity index (χ2v) is 4.28. The third-order valence-electron chi connectivity index (χ3n) is 1.91. The summed E-state index contributed by atoms with van der Waals surface area (Å²) in [6.45, 7) is 0. The Morgan fingerprint density at radius 2 is 1.67 bits per heavy atom. The van der Waals surface area contributed by atoms with Crippen LogP contribution in [0, 0.1) is 5.82 Å². The first kappa shape index (κ1) is 10.1. The average molecular weight is 219 g/mol. The number of rotatable bonds is 2. The van der Waals surface area contributed by atoms with E-state index in [0.29, 0.717) is 0 Å². The predicted molar refractivity (Wildman–Crippen MR) is 61.4 cm³/mol. The second-order valence-electron chi connectivity index (χ2n) is 3.13. The molecule has 0 amide bonds. The van der Waals surface area contributed by atoms with Crippen molar-refractivity contribution in [3.05, 3.63) is 54.3 Å². The molecule has 2 N–H and O–H groups in total. The Hall–Kier alpha value is -1.48. The van der Waals surface area contributed by atoms with Crippen LogP contribution >= 0.6 is 11.8 Å². The highest BCUT2D eigenvalue weighted by atomic mass is 32.2. The van der Waals surface area contributed by atoms with Gasteiger partial charge < -0.3 is 5.73 Å². The molecule has 0 unspecified atom stereocenters. The van der Waals surface area contributed by atoms with E-state index in [-0.39, 0.29) is 5.82 Å². The fourth-order valence-electron chi connectivity index (χ4n) is 1.22. The van der Waals surface area contributed by atoms with E-state index in [1.165, 1.54) is 12.1 Å². The summed E-state index contributed by atoms with van der Waals surface area (Å²) < 4.78 is 12.7. The van der Waals surface area contributed by atoms with Crippen molar-refractivity contribution in [3.8, 4) is 0 Å². The third-order valence-corrected chi connectivity index (χ3v) is 2.90. The number of hydrogen-bond donors (Lipinski definition) is 1. The molecule has 0 radical (unpaired) electrons. The molecule has 0 aromatic heterocycles. The molecule has 76 valence electrons. The number of hydrogen-bond acceptors (Lipinski definition) is 2. The van der Waals surface area contributed by atoms with E-state index in [0.717, 1.165) is 15.5 Å². The first-order valence-corrected chi connectivity index (χ1v) is 5.35. The van der Waals surface area contributed by atoms with Crippen LogP contribution in [0.4, 0.5) is 10.1 Å². The van der Waals surface area contributed by atoms with Crippen LogP contribution in [0.15, 0.2) is 58.3 Å². The normalized spacial score (nSPS) is 10.2. The molecule has 1 nitrogen and oxygen atoms in total. The summed E-state index contributed by atoms with van der Waals surface area (Å²) >= 11 is 1.56. The predicted octanol–water partition coefficient (Wildman–Crippen LogP) is 3.56. The first-order chi connectivity index (χ1) is 7.24. The summed E-state index contributed by atoms with van der Waals surface area (Å²) in [5.74, 6) is -0.216. The number of benzene rings is 2. The van der Waals surface area contributed by atoms with Gasteiger partial charge in [0.2, 0.25) is 0 Å². The molecule has 0 saturated carbocycles. The van der Waals surface area contributed by atoms with Crippen molar-refractivity contribution in [1.29, 1.82) is 0 Å². The number of nitrogens with two attached hydrogens (primary N) is 1. The van der Waals surface area contributed by atoms with Crippen molar-refractivity contribution in [3.63, 3.8) is 0 Å². The number of anilines is 1. The van der Waals surface area contributed by atoms with Gasteiger partial charge in [-0.15, -0.1) is 0 Å². The summed E-state index contributed by atoms with van der Waals surface area (Å²) in [6.07, 6.45) is 0. The Balaban J connectivity index is 2.18. The van der Waals surface area contributed by atoms with E-state index in [9.17, 15) is 4.39 Å². The van der Waals surface area contributed by atoms with Crippen molar-refractivity contribution in [2.75, 3.05) is 5.73 Å². The van der Waals surface area contributed by atoms with Gasteiger partial charge in [-0.3, -0.25) is 0 Å². The lowest BCUT2D eigenvalue weighted by Crippen LogP contribution is -1.83. The summed E-state index contributed by atoms with van der Waals surface area (Å²) in [6, 6.07) is 14.0. The summed E-state index contributed by atoms with van der Waals surface area (Å²) in [5, 5.41) is 0. The zero-order valence-electron chi connectivity index (χ0n) is 7.98. The highest BCUT2D eigenvalue weighted by Crippen LogP contribution is 2.28. The fraction of sp³-hybridized carbons (Fsp3) is 0. The van der Waals surface area contributed by atoms with Gasteiger partial charge in [-0.2, -0.15) is 0 Å². The maximum absolute atomic E-state index is 12.7. The fourth-order valence-corrected chi connectivity index (χ4v) is 2.10. The molecule has 2 aromatic rings. The van der Waals surface area contributed by atoms with Gasteiger partial charge in [0, 0.05) is 15.5 Å². The zero-order valence-corrected chi connectivity index (χ0v) is 8.80. The molecule has 2 rings (SSSR count). The lowest BCUT2D eigenvalue weighted by atomic mass is 10.3. The molecule has 3 heteroatoms. The summed E-state index contributed by atoms with van der Waals surface area (Å²) in [5.41, 5.74) is 6.40. The van der Waals surface area contributed by atoms with Crippen LogP contribution in [-0.4, -0.2) is 0 Å². The van der Waals surface area contributed by atoms with Crippen LogP contribution in [0.25, 0.3) is 0 Å². The smallest absolute Gasteiger partial charge is 0.123 e. The third kappa shape index (κ3) is 2.73. The zero-order chi connectivity index (χ0) is 10.7. The van der Waals surface area contributed by atoms with Crippen LogP contribution in [0.2, 0.25) is 0 Å². The van der Waals surface area contributed by atoms with E-state index in [4.69, 9.17) is 5.73 Å². The number of nitrogen functional groups attached to an aromatic ring is 1. The molecule has 15 heavy (non-hydrogen) atoms. The van der Waals surface area contributed by atoms with Crippen LogP contribution in [-0.2, 0) is 0 Å². The maximum atomic E-state index is 12.7. The summed E-state index contributed by atoms with van der Waals surface area (Å²) in [7, 11) is 0. The molecular weight excluding hydrogens is 209 g/mol. The van der Waals surface area contributed by atoms with E-state index >= 15 is 0 Å². The van der Waals surface area contributed by atoms with Crippen molar-refractivity contribution in [2.24, 2.45) is 0 Å². The van der Waals surface area contributed by atoms with Crippen molar-refractivity contribution in [2.45, 2.75) is 9.79 Å². The SMILES string of the molecule is Nc1cccc(Sc2ccc(F)cc2)c1. The minimum Gasteiger partial charge on any atom is -0.399 e. The highest BCUT2D eigenvalue weighted by molar-refractivity contribution is 7.99. The van der Waals surface area contributed by atoms with E-state index in [2.05, 4.69) is 0 Å². The largest absolute Gasteiger partial charge is 0.399 e. The van der Waals surface area contributed by atoms with Crippen LogP contribution in [0.1, 0.15) is 0 Å². The van der Waals surface area contributed by atoms with Gasteiger partial charge in [0.25, 0.3) is 0 Å². The van der Waals surface area contributed by atoms with Gasteiger partial charge in [-0.05, 0) is 42.5 Å². The molecule has 0 saturated heterocycles. The first-order valence-electron chi connectivity index (χ1n) is 4.53. The van der Waals surface area contributed by atoms with Gasteiger partial charge in [-0.25, -0.2) is 4.39 Å². The standard InChI is InChI=1S/C12H10FNS/c13-9-4-6-11(7-5-9)15-12-3-1-2-10(14)8-12/h1-8H,14H2. The molecule has 0 fully saturated rings. The maximum Gasteiger partial charge on any atom is 0.123 e. The molecule has 0 spiro atoms. The van der Waals surface area contributed by atoms with Crippen molar-refractivity contribution in [1.82, 2.24) is 0 Å². The van der Waals surface area contributed by atoms with Crippen molar-refractivity contribution < 1.29 is 4.39 Å². The molecule has 0 aliphatic carbocycles. The van der Waals surface area contributed by atoms with Crippen molar-refractivity contribution >= 4 is 17.4 Å². The Labute approximate surface area is 92.1 Å². The Morgan fingerprint density at radius 1 is 0.933 bits per heavy atom. The average Bonchev–Trinajstić information content (AvgIpc) is 2.22. The van der Waals surface area contributed by atoms with Gasteiger partial charge in [0.15, 0.2) is 0 Å². The quantitative estimate of drug-likeness (QED) is 0.781. The Bertz CT molecular complexity index is 453. The molecular formula is C12H10FNS. The van der Waals surface area contributed by atoms with Gasteiger partial charge in [-0.1, -0.05) is 17.8 Å².